The third kappa shape index (κ3) is 3.24. The van der Waals surface area contributed by atoms with E-state index in [1.165, 1.54) is 0 Å². The van der Waals surface area contributed by atoms with Crippen molar-refractivity contribution in [2.24, 2.45) is 0 Å². The molecule has 1 heterocycles. The van der Waals surface area contributed by atoms with Gasteiger partial charge in [-0.05, 0) is 24.3 Å². The van der Waals surface area contributed by atoms with E-state index < -0.39 is 29.3 Å². The van der Waals surface area contributed by atoms with E-state index in [4.69, 9.17) is 0 Å². The summed E-state index contributed by atoms with van der Waals surface area (Å²) < 4.78 is 71.5. The number of halogens is 5. The molecule has 3 aromatic rings. The second-order valence-electron chi connectivity index (χ2n) is 5.46. The molecule has 0 aliphatic heterocycles. The highest BCUT2D eigenvalue weighted by Gasteiger charge is 2.31. The minimum atomic E-state index is -4.60. The summed E-state index contributed by atoms with van der Waals surface area (Å²) in [6, 6.07) is 5.57. The largest absolute Gasteiger partial charge is 0.464 e. The van der Waals surface area contributed by atoms with Crippen molar-refractivity contribution in [3.8, 4) is 0 Å². The first-order valence-electron chi connectivity index (χ1n) is 7.30. The van der Waals surface area contributed by atoms with Gasteiger partial charge in [0.2, 0.25) is 0 Å². The molecule has 1 aromatic heterocycles. The Morgan fingerprint density at radius 2 is 1.88 bits per heavy atom. The summed E-state index contributed by atoms with van der Waals surface area (Å²) in [5.74, 6) is -2.50. The first kappa shape index (κ1) is 17.8. The third-order valence-corrected chi connectivity index (χ3v) is 3.79. The van der Waals surface area contributed by atoms with Crippen LogP contribution in [0.15, 0.2) is 36.4 Å². The van der Waals surface area contributed by atoms with Gasteiger partial charge in [0.15, 0.2) is 5.69 Å². The maximum atomic E-state index is 13.9. The number of rotatable bonds is 3. The first-order chi connectivity index (χ1) is 12.2. The summed E-state index contributed by atoms with van der Waals surface area (Å²) >= 11 is 0. The van der Waals surface area contributed by atoms with Crippen LogP contribution < -0.4 is 0 Å². The summed E-state index contributed by atoms with van der Waals surface area (Å²) in [7, 11) is 1.11. The molecular weight excluding hydrogens is 359 g/mol. The molecule has 3 rings (SSSR count). The number of carbonyl (C=O) groups excluding carboxylic acids is 1. The summed E-state index contributed by atoms with van der Waals surface area (Å²) in [5, 5.41) is 4.09. The number of ether oxygens (including phenoxy) is 1. The molecule has 0 N–H and O–H groups in total. The number of esters is 1. The van der Waals surface area contributed by atoms with Crippen LogP contribution in [0.25, 0.3) is 10.9 Å². The number of benzene rings is 2. The molecule has 136 valence electrons. The first-order valence-corrected chi connectivity index (χ1v) is 7.30. The average Bonchev–Trinajstić information content (AvgIpc) is 2.94. The van der Waals surface area contributed by atoms with Gasteiger partial charge in [0.1, 0.15) is 11.6 Å². The topological polar surface area (TPSA) is 44.1 Å². The van der Waals surface area contributed by atoms with Crippen molar-refractivity contribution in [2.45, 2.75) is 12.7 Å². The number of carbonyl (C=O) groups is 1. The molecule has 0 atom stereocenters. The van der Waals surface area contributed by atoms with Gasteiger partial charge in [-0.15, -0.1) is 0 Å². The Morgan fingerprint density at radius 1 is 1.15 bits per heavy atom. The minimum Gasteiger partial charge on any atom is -0.464 e. The van der Waals surface area contributed by atoms with Crippen molar-refractivity contribution in [3.63, 3.8) is 0 Å². The van der Waals surface area contributed by atoms with Crippen molar-refractivity contribution in [2.75, 3.05) is 7.11 Å². The van der Waals surface area contributed by atoms with E-state index >= 15 is 0 Å². The lowest BCUT2D eigenvalue weighted by Crippen LogP contribution is -2.08. The molecule has 0 saturated heterocycles. The van der Waals surface area contributed by atoms with E-state index in [1.807, 2.05) is 0 Å². The van der Waals surface area contributed by atoms with Crippen molar-refractivity contribution in [1.29, 1.82) is 0 Å². The Labute approximate surface area is 143 Å². The fourth-order valence-corrected chi connectivity index (χ4v) is 2.53. The number of nitrogens with zero attached hydrogens (tertiary/aromatic N) is 2. The average molecular weight is 370 g/mol. The van der Waals surface area contributed by atoms with Crippen LogP contribution in [0.4, 0.5) is 22.0 Å². The maximum absolute atomic E-state index is 13.9. The summed E-state index contributed by atoms with van der Waals surface area (Å²) in [5.41, 5.74) is -1.16. The smallest absolute Gasteiger partial charge is 0.416 e. The van der Waals surface area contributed by atoms with Crippen molar-refractivity contribution in [1.82, 2.24) is 9.78 Å². The van der Waals surface area contributed by atoms with E-state index in [0.29, 0.717) is 6.07 Å². The lowest BCUT2D eigenvalue weighted by atomic mass is 10.1. The van der Waals surface area contributed by atoms with Gasteiger partial charge in [-0.3, -0.25) is 4.68 Å². The molecule has 0 aliphatic rings. The number of fused-ring (bicyclic) bond motifs is 1. The zero-order valence-corrected chi connectivity index (χ0v) is 13.3. The molecule has 26 heavy (non-hydrogen) atoms. The van der Waals surface area contributed by atoms with E-state index in [-0.39, 0.29) is 28.7 Å². The van der Waals surface area contributed by atoms with E-state index in [0.717, 1.165) is 42.1 Å². The molecule has 2 aromatic carbocycles. The molecule has 4 nitrogen and oxygen atoms in total. The molecule has 0 fully saturated rings. The number of hydrogen-bond donors (Lipinski definition) is 0. The fraction of sp³-hybridized carbons (Fsp3) is 0.176. The van der Waals surface area contributed by atoms with Gasteiger partial charge >= 0.3 is 12.1 Å². The third-order valence-electron chi connectivity index (χ3n) is 3.79. The molecular formula is C17H11F5N2O2. The van der Waals surface area contributed by atoms with Crippen LogP contribution in [0, 0.1) is 11.6 Å². The van der Waals surface area contributed by atoms with E-state index in [2.05, 4.69) is 9.84 Å². The van der Waals surface area contributed by atoms with Gasteiger partial charge in [0, 0.05) is 17.0 Å². The Morgan fingerprint density at radius 3 is 2.50 bits per heavy atom. The SMILES string of the molecule is COC(=O)c1nn(Cc2ccc(F)cc2F)c2cc(C(F)(F)F)ccc12. The van der Waals surface area contributed by atoms with Crippen LogP contribution in [0.5, 0.6) is 0 Å². The highest BCUT2D eigenvalue weighted by molar-refractivity contribution is 6.02. The van der Waals surface area contributed by atoms with Gasteiger partial charge in [-0.25, -0.2) is 13.6 Å². The van der Waals surface area contributed by atoms with Crippen LogP contribution in [0.2, 0.25) is 0 Å². The second-order valence-corrected chi connectivity index (χ2v) is 5.46. The standard InChI is InChI=1S/C17H11F5N2O2/c1-26-16(25)15-12-5-3-10(17(20,21)22)6-14(12)24(23-15)8-9-2-4-11(18)7-13(9)19/h2-7H,8H2,1H3. The van der Waals surface area contributed by atoms with Crippen LogP contribution in [-0.2, 0) is 17.5 Å². The van der Waals surface area contributed by atoms with Gasteiger partial charge in [0.25, 0.3) is 0 Å². The normalized spacial score (nSPS) is 11.8. The maximum Gasteiger partial charge on any atom is 0.416 e. The van der Waals surface area contributed by atoms with Gasteiger partial charge in [-0.1, -0.05) is 6.07 Å². The molecule has 0 bridgehead atoms. The van der Waals surface area contributed by atoms with Gasteiger partial charge < -0.3 is 4.74 Å². The van der Waals surface area contributed by atoms with Gasteiger partial charge in [0.05, 0.1) is 24.7 Å². The zero-order chi connectivity index (χ0) is 19.1. The summed E-state index contributed by atoms with van der Waals surface area (Å²) in [4.78, 5) is 11.8. The molecule has 0 spiro atoms. The Bertz CT molecular complexity index is 995. The second kappa shape index (κ2) is 6.40. The van der Waals surface area contributed by atoms with Crippen LogP contribution in [0.1, 0.15) is 21.6 Å². The van der Waals surface area contributed by atoms with Gasteiger partial charge in [-0.2, -0.15) is 18.3 Å². The van der Waals surface area contributed by atoms with Crippen LogP contribution in [-0.4, -0.2) is 22.9 Å². The highest BCUT2D eigenvalue weighted by Crippen LogP contribution is 2.32. The number of hydrogen-bond acceptors (Lipinski definition) is 3. The highest BCUT2D eigenvalue weighted by atomic mass is 19.4. The van der Waals surface area contributed by atoms with Crippen molar-refractivity contribution >= 4 is 16.9 Å². The molecule has 0 saturated carbocycles. The Balaban J connectivity index is 2.17. The lowest BCUT2D eigenvalue weighted by Gasteiger charge is -2.08. The summed E-state index contributed by atoms with van der Waals surface area (Å²) in [6.45, 7) is -0.291. The molecule has 0 radical (unpaired) electrons. The number of aromatic nitrogens is 2. The lowest BCUT2D eigenvalue weighted by molar-refractivity contribution is -0.137. The monoisotopic (exact) mass is 370 g/mol. The molecule has 0 aliphatic carbocycles. The van der Waals surface area contributed by atoms with Crippen LogP contribution in [0.3, 0.4) is 0 Å². The quantitative estimate of drug-likeness (QED) is 0.514. The Hall–Kier alpha value is -2.97. The minimum absolute atomic E-state index is 0.00428. The Kier molecular flexibility index (Phi) is 4.39. The predicted octanol–water partition coefficient (Wildman–Crippen LogP) is 4.17. The van der Waals surface area contributed by atoms with E-state index in [9.17, 15) is 26.7 Å². The summed E-state index contributed by atoms with van der Waals surface area (Å²) in [6.07, 6.45) is -4.60. The van der Waals surface area contributed by atoms with E-state index in [1.54, 1.807) is 0 Å². The fourth-order valence-electron chi connectivity index (χ4n) is 2.53. The molecule has 0 unspecified atom stereocenters. The zero-order valence-electron chi connectivity index (χ0n) is 13.3. The van der Waals surface area contributed by atoms with Crippen molar-refractivity contribution < 1.29 is 31.5 Å². The number of methoxy groups -OCH3 is 1. The predicted molar refractivity (Wildman–Crippen MR) is 81.5 cm³/mol. The number of alkyl halides is 3. The van der Waals surface area contributed by atoms with Crippen molar-refractivity contribution in [3.05, 3.63) is 64.9 Å². The molecule has 0 amide bonds. The molecule has 9 heteroatoms. The van der Waals surface area contributed by atoms with Crippen LogP contribution >= 0.6 is 0 Å².